The third kappa shape index (κ3) is 4.29. The Morgan fingerprint density at radius 3 is 2.79 bits per heavy atom. The molecular formula is C18H16N6OS3. The number of thiophene rings is 1. The summed E-state index contributed by atoms with van der Waals surface area (Å²) in [7, 11) is 0. The molecule has 142 valence electrons. The third-order valence-corrected chi connectivity index (χ3v) is 6.52. The average Bonchev–Trinajstić information content (AvgIpc) is 3.44. The molecule has 1 aromatic carbocycles. The summed E-state index contributed by atoms with van der Waals surface area (Å²) in [6.45, 7) is 2.20. The van der Waals surface area contributed by atoms with Gasteiger partial charge in [-0.05, 0) is 34.0 Å². The van der Waals surface area contributed by atoms with E-state index >= 15 is 0 Å². The van der Waals surface area contributed by atoms with Gasteiger partial charge in [0.1, 0.15) is 0 Å². The molecule has 3 aromatic heterocycles. The molecule has 0 atom stereocenters. The van der Waals surface area contributed by atoms with E-state index in [0.717, 1.165) is 16.5 Å². The summed E-state index contributed by atoms with van der Waals surface area (Å²) >= 11 is 4.66. The average molecular weight is 429 g/mol. The maximum atomic E-state index is 12.2. The SMILES string of the molecule is CC(=O)N(c1ccccc1)c1nc(CSc2nnnn2Cc2cccs2)cs1. The Hall–Kier alpha value is -2.56. The second-order valence-corrected chi connectivity index (χ2v) is 8.61. The quantitative estimate of drug-likeness (QED) is 0.410. The predicted octanol–water partition coefficient (Wildman–Crippen LogP) is 4.22. The number of aromatic nitrogens is 5. The van der Waals surface area contributed by atoms with Gasteiger partial charge in [-0.15, -0.1) is 27.8 Å². The largest absolute Gasteiger partial charge is 0.274 e. The topological polar surface area (TPSA) is 76.8 Å². The van der Waals surface area contributed by atoms with Gasteiger partial charge in [0.15, 0.2) is 5.13 Å². The Morgan fingerprint density at radius 2 is 2.04 bits per heavy atom. The number of hydrogen-bond donors (Lipinski definition) is 0. The normalized spacial score (nSPS) is 10.9. The zero-order valence-electron chi connectivity index (χ0n) is 14.9. The number of thiazole rings is 1. The van der Waals surface area contributed by atoms with Crippen LogP contribution in [0.2, 0.25) is 0 Å². The molecule has 0 spiro atoms. The maximum absolute atomic E-state index is 12.2. The minimum atomic E-state index is -0.0698. The summed E-state index contributed by atoms with van der Waals surface area (Å²) in [6.07, 6.45) is 0. The molecule has 0 saturated heterocycles. The fraction of sp³-hybridized carbons (Fsp3) is 0.167. The molecule has 4 rings (SSSR count). The van der Waals surface area contributed by atoms with Gasteiger partial charge in [0.05, 0.1) is 17.9 Å². The number of para-hydroxylation sites is 1. The van der Waals surface area contributed by atoms with Crippen LogP contribution in [0.3, 0.4) is 0 Å². The highest BCUT2D eigenvalue weighted by molar-refractivity contribution is 7.98. The Balaban J connectivity index is 1.46. The van der Waals surface area contributed by atoms with E-state index in [9.17, 15) is 4.79 Å². The molecule has 7 nitrogen and oxygen atoms in total. The van der Waals surface area contributed by atoms with E-state index in [1.54, 1.807) is 27.8 Å². The van der Waals surface area contributed by atoms with Gasteiger partial charge in [-0.3, -0.25) is 9.69 Å². The van der Waals surface area contributed by atoms with E-state index < -0.39 is 0 Å². The molecule has 0 aliphatic carbocycles. The zero-order chi connectivity index (χ0) is 19.3. The molecule has 3 heterocycles. The molecule has 0 aliphatic heterocycles. The molecule has 0 radical (unpaired) electrons. The molecule has 0 fully saturated rings. The Bertz CT molecular complexity index is 1040. The Labute approximate surface area is 174 Å². The van der Waals surface area contributed by atoms with Crippen LogP contribution in [0.4, 0.5) is 10.8 Å². The van der Waals surface area contributed by atoms with Crippen molar-refractivity contribution in [3.8, 4) is 0 Å². The van der Waals surface area contributed by atoms with Crippen LogP contribution < -0.4 is 4.90 Å². The van der Waals surface area contributed by atoms with Crippen molar-refractivity contribution in [2.45, 2.75) is 24.4 Å². The molecule has 0 aliphatic rings. The van der Waals surface area contributed by atoms with Crippen molar-refractivity contribution in [1.29, 1.82) is 0 Å². The predicted molar refractivity (Wildman–Crippen MR) is 112 cm³/mol. The second kappa shape index (κ2) is 8.63. The first-order chi connectivity index (χ1) is 13.7. The monoisotopic (exact) mass is 428 g/mol. The molecule has 4 aromatic rings. The first kappa shape index (κ1) is 18.8. The lowest BCUT2D eigenvalue weighted by molar-refractivity contribution is -0.115. The number of carbonyl (C=O) groups excluding carboxylic acids is 1. The summed E-state index contributed by atoms with van der Waals surface area (Å²) in [5.41, 5.74) is 1.70. The van der Waals surface area contributed by atoms with Gasteiger partial charge in [0.25, 0.3) is 0 Å². The van der Waals surface area contributed by atoms with Gasteiger partial charge in [0.2, 0.25) is 11.1 Å². The number of benzene rings is 1. The van der Waals surface area contributed by atoms with Crippen LogP contribution in [0.5, 0.6) is 0 Å². The zero-order valence-corrected chi connectivity index (χ0v) is 17.4. The van der Waals surface area contributed by atoms with Gasteiger partial charge >= 0.3 is 0 Å². The third-order valence-electron chi connectivity index (χ3n) is 3.79. The lowest BCUT2D eigenvalue weighted by Gasteiger charge is -2.17. The molecular weight excluding hydrogens is 412 g/mol. The molecule has 0 saturated carbocycles. The van der Waals surface area contributed by atoms with Gasteiger partial charge in [0, 0.05) is 22.9 Å². The van der Waals surface area contributed by atoms with Crippen LogP contribution in [0.25, 0.3) is 0 Å². The highest BCUT2D eigenvalue weighted by atomic mass is 32.2. The lowest BCUT2D eigenvalue weighted by atomic mass is 10.3. The fourth-order valence-corrected chi connectivity index (χ4v) is 5.00. The molecule has 28 heavy (non-hydrogen) atoms. The van der Waals surface area contributed by atoms with Crippen LogP contribution in [-0.2, 0) is 17.1 Å². The number of hydrogen-bond acceptors (Lipinski definition) is 8. The number of rotatable bonds is 7. The molecule has 1 amide bonds. The van der Waals surface area contributed by atoms with Crippen molar-refractivity contribution < 1.29 is 4.79 Å². The number of carbonyl (C=O) groups is 1. The number of amides is 1. The summed E-state index contributed by atoms with van der Waals surface area (Å²) in [4.78, 5) is 19.6. The van der Waals surface area contributed by atoms with Gasteiger partial charge in [-0.2, -0.15) is 0 Å². The van der Waals surface area contributed by atoms with Crippen LogP contribution in [-0.4, -0.2) is 31.1 Å². The molecule has 0 N–H and O–H groups in total. The molecule has 0 unspecified atom stereocenters. The van der Waals surface area contributed by atoms with Crippen LogP contribution >= 0.6 is 34.4 Å². The first-order valence-corrected chi connectivity index (χ1v) is 11.2. The van der Waals surface area contributed by atoms with Crippen LogP contribution in [0, 0.1) is 0 Å². The van der Waals surface area contributed by atoms with Gasteiger partial charge in [-0.25, -0.2) is 9.67 Å². The minimum absolute atomic E-state index is 0.0698. The standard InChI is InChI=1S/C18H16N6OS3/c1-13(25)24(15-6-3-2-4-7-15)17-19-14(11-27-17)12-28-18-20-21-22-23(18)10-16-8-5-9-26-16/h2-9,11H,10,12H2,1H3. The highest BCUT2D eigenvalue weighted by Crippen LogP contribution is 2.30. The molecule has 0 bridgehead atoms. The fourth-order valence-electron chi connectivity index (χ4n) is 2.56. The van der Waals surface area contributed by atoms with Crippen molar-refractivity contribution in [2.75, 3.05) is 4.90 Å². The maximum Gasteiger partial charge on any atom is 0.230 e. The van der Waals surface area contributed by atoms with Gasteiger partial charge in [-0.1, -0.05) is 36.0 Å². The number of anilines is 2. The second-order valence-electron chi connectivity index (χ2n) is 5.80. The molecule has 10 heteroatoms. The summed E-state index contributed by atoms with van der Waals surface area (Å²) in [5, 5.41) is 17.4. The van der Waals surface area contributed by atoms with E-state index in [0.29, 0.717) is 17.4 Å². The summed E-state index contributed by atoms with van der Waals surface area (Å²) in [5.74, 6) is 0.557. The van der Waals surface area contributed by atoms with Gasteiger partial charge < -0.3 is 0 Å². The first-order valence-electron chi connectivity index (χ1n) is 8.42. The lowest BCUT2D eigenvalue weighted by Crippen LogP contribution is -2.22. The van der Waals surface area contributed by atoms with Crippen molar-refractivity contribution in [1.82, 2.24) is 25.2 Å². The van der Waals surface area contributed by atoms with E-state index in [1.165, 1.54) is 28.0 Å². The van der Waals surface area contributed by atoms with E-state index in [-0.39, 0.29) is 5.91 Å². The van der Waals surface area contributed by atoms with Crippen LogP contribution in [0.1, 0.15) is 17.5 Å². The minimum Gasteiger partial charge on any atom is -0.274 e. The van der Waals surface area contributed by atoms with E-state index in [4.69, 9.17) is 0 Å². The number of tetrazole rings is 1. The van der Waals surface area contributed by atoms with E-state index in [1.807, 2.05) is 47.2 Å². The summed E-state index contributed by atoms with van der Waals surface area (Å²) in [6, 6.07) is 13.6. The highest BCUT2D eigenvalue weighted by Gasteiger charge is 2.18. The summed E-state index contributed by atoms with van der Waals surface area (Å²) < 4.78 is 1.79. The van der Waals surface area contributed by atoms with E-state index in [2.05, 4.69) is 26.6 Å². The number of thioether (sulfide) groups is 1. The van der Waals surface area contributed by atoms with Crippen molar-refractivity contribution >= 4 is 51.2 Å². The van der Waals surface area contributed by atoms with Crippen molar-refractivity contribution in [3.63, 3.8) is 0 Å². The number of nitrogens with zero attached hydrogens (tertiary/aromatic N) is 6. The Kier molecular flexibility index (Phi) is 5.79. The van der Waals surface area contributed by atoms with Crippen molar-refractivity contribution in [3.05, 3.63) is 63.8 Å². The Morgan fingerprint density at radius 1 is 1.18 bits per heavy atom. The van der Waals surface area contributed by atoms with Crippen molar-refractivity contribution in [2.24, 2.45) is 0 Å². The smallest absolute Gasteiger partial charge is 0.230 e. The van der Waals surface area contributed by atoms with Crippen LogP contribution in [0.15, 0.2) is 58.4 Å².